The van der Waals surface area contributed by atoms with Crippen LogP contribution in [0.1, 0.15) is 44.1 Å². The molecule has 25 heavy (non-hydrogen) atoms. The van der Waals surface area contributed by atoms with Crippen LogP contribution in [0.3, 0.4) is 0 Å². The molecule has 0 bridgehead atoms. The van der Waals surface area contributed by atoms with Crippen LogP contribution in [0.4, 0.5) is 5.69 Å². The lowest BCUT2D eigenvalue weighted by molar-refractivity contribution is -0.00520. The lowest BCUT2D eigenvalue weighted by atomic mass is 9.87. The lowest BCUT2D eigenvalue weighted by Gasteiger charge is -2.37. The third kappa shape index (κ3) is 3.22. The molecule has 4 heteroatoms. The molecule has 1 aromatic heterocycles. The molecule has 134 valence electrons. The van der Waals surface area contributed by atoms with E-state index in [1.165, 1.54) is 23.4 Å². The van der Waals surface area contributed by atoms with E-state index >= 15 is 0 Å². The van der Waals surface area contributed by atoms with Crippen LogP contribution in [0.15, 0.2) is 23.0 Å². The fourth-order valence-corrected chi connectivity index (χ4v) is 5.68. The molecule has 0 amide bonds. The van der Waals surface area contributed by atoms with E-state index < -0.39 is 0 Å². The van der Waals surface area contributed by atoms with Gasteiger partial charge in [0.1, 0.15) is 0 Å². The fourth-order valence-electron chi connectivity index (χ4n) is 4.33. The second-order valence-corrected chi connectivity index (χ2v) is 8.83. The Morgan fingerprint density at radius 2 is 2.00 bits per heavy atom. The first-order chi connectivity index (χ1) is 12.0. The topological polar surface area (TPSA) is 29.5 Å². The lowest BCUT2D eigenvalue weighted by Crippen LogP contribution is -2.45. The quantitative estimate of drug-likeness (QED) is 0.798. The Morgan fingerprint density at radius 3 is 2.72 bits per heavy atom. The molecule has 0 radical (unpaired) electrons. The number of anilines is 1. The summed E-state index contributed by atoms with van der Waals surface area (Å²) in [6.07, 6.45) is 4.90. The second kappa shape index (κ2) is 6.73. The van der Waals surface area contributed by atoms with Crippen molar-refractivity contribution in [3.05, 3.63) is 38.9 Å². The molecular weight excluding hydrogens is 330 g/mol. The summed E-state index contributed by atoms with van der Waals surface area (Å²) < 4.78 is 7.00. The van der Waals surface area contributed by atoms with Gasteiger partial charge in [0, 0.05) is 39.3 Å². The molecule has 2 aliphatic rings. The fraction of sp³-hybridized carbons (Fsp3) is 0.571. The SMILES string of the molecule is CCC1CCc2c(sc3cc(N4CC(C)OC(C)C4)ccc3c2=O)C1. The summed E-state index contributed by atoms with van der Waals surface area (Å²) in [4.78, 5) is 16.7. The second-order valence-electron chi connectivity index (χ2n) is 7.69. The smallest absolute Gasteiger partial charge is 0.191 e. The van der Waals surface area contributed by atoms with Gasteiger partial charge < -0.3 is 9.64 Å². The first-order valence-corrected chi connectivity index (χ1v) is 10.4. The van der Waals surface area contributed by atoms with Crippen molar-refractivity contribution in [2.24, 2.45) is 5.92 Å². The Morgan fingerprint density at radius 1 is 1.24 bits per heavy atom. The van der Waals surface area contributed by atoms with E-state index in [1.54, 1.807) is 0 Å². The molecule has 1 aliphatic heterocycles. The normalized spacial score (nSPS) is 26.7. The van der Waals surface area contributed by atoms with Crippen molar-refractivity contribution in [2.45, 2.75) is 58.7 Å². The van der Waals surface area contributed by atoms with Crippen LogP contribution in [0, 0.1) is 5.92 Å². The number of hydrogen-bond acceptors (Lipinski definition) is 4. The monoisotopic (exact) mass is 357 g/mol. The molecule has 3 unspecified atom stereocenters. The molecule has 2 heterocycles. The summed E-state index contributed by atoms with van der Waals surface area (Å²) in [5, 5.41) is 0.900. The summed E-state index contributed by atoms with van der Waals surface area (Å²) in [5.74, 6) is 0.740. The molecule has 2 aromatic rings. The number of nitrogens with zero attached hydrogens (tertiary/aromatic N) is 1. The van der Waals surface area contributed by atoms with Crippen LogP contribution in [0.25, 0.3) is 10.1 Å². The van der Waals surface area contributed by atoms with E-state index in [0.717, 1.165) is 47.5 Å². The molecule has 0 saturated carbocycles. The van der Waals surface area contributed by atoms with Gasteiger partial charge in [-0.05, 0) is 57.2 Å². The molecule has 0 spiro atoms. The number of ether oxygens (including phenoxy) is 1. The zero-order valence-electron chi connectivity index (χ0n) is 15.4. The maximum absolute atomic E-state index is 12.9. The van der Waals surface area contributed by atoms with Crippen LogP contribution < -0.4 is 10.3 Å². The van der Waals surface area contributed by atoms with Crippen LogP contribution in [0.5, 0.6) is 0 Å². The van der Waals surface area contributed by atoms with Gasteiger partial charge in [0.15, 0.2) is 5.43 Å². The Balaban J connectivity index is 1.74. The number of fused-ring (bicyclic) bond motifs is 2. The van der Waals surface area contributed by atoms with Crippen LogP contribution in [-0.4, -0.2) is 25.3 Å². The minimum atomic E-state index is 0.243. The molecule has 1 aliphatic carbocycles. The van der Waals surface area contributed by atoms with E-state index in [9.17, 15) is 4.79 Å². The zero-order chi connectivity index (χ0) is 17.6. The summed E-state index contributed by atoms with van der Waals surface area (Å²) in [6, 6.07) is 6.38. The van der Waals surface area contributed by atoms with Gasteiger partial charge in [-0.3, -0.25) is 4.79 Å². The first kappa shape index (κ1) is 17.0. The molecule has 1 saturated heterocycles. The van der Waals surface area contributed by atoms with Crippen molar-refractivity contribution in [1.82, 2.24) is 0 Å². The van der Waals surface area contributed by atoms with Crippen LogP contribution in [0.2, 0.25) is 0 Å². The molecule has 4 rings (SSSR count). The average Bonchev–Trinajstić information content (AvgIpc) is 2.60. The van der Waals surface area contributed by atoms with Crippen LogP contribution >= 0.6 is 11.3 Å². The van der Waals surface area contributed by atoms with Crippen molar-refractivity contribution in [3.63, 3.8) is 0 Å². The maximum Gasteiger partial charge on any atom is 0.191 e. The van der Waals surface area contributed by atoms with Crippen molar-refractivity contribution in [1.29, 1.82) is 0 Å². The molecular formula is C21H27NO2S. The van der Waals surface area contributed by atoms with Crippen molar-refractivity contribution >= 4 is 27.1 Å². The molecule has 3 atom stereocenters. The summed E-state index contributed by atoms with van der Waals surface area (Å²) >= 11 is 1.84. The van der Waals surface area contributed by atoms with Gasteiger partial charge in [0.25, 0.3) is 0 Å². The largest absolute Gasteiger partial charge is 0.372 e. The molecule has 1 fully saturated rings. The Bertz CT molecular complexity index is 834. The Kier molecular flexibility index (Phi) is 4.59. The number of hydrogen-bond donors (Lipinski definition) is 0. The zero-order valence-corrected chi connectivity index (χ0v) is 16.2. The minimum absolute atomic E-state index is 0.243. The van der Waals surface area contributed by atoms with Gasteiger partial charge in [-0.2, -0.15) is 0 Å². The average molecular weight is 358 g/mol. The maximum atomic E-state index is 12.9. The highest BCUT2D eigenvalue weighted by Gasteiger charge is 2.24. The highest BCUT2D eigenvalue weighted by atomic mass is 32.1. The predicted octanol–water partition coefficient (Wildman–Crippen LogP) is 4.39. The highest BCUT2D eigenvalue weighted by molar-refractivity contribution is 7.18. The van der Waals surface area contributed by atoms with E-state index in [0.29, 0.717) is 0 Å². The van der Waals surface area contributed by atoms with E-state index in [1.807, 2.05) is 17.4 Å². The Hall–Kier alpha value is -1.39. The van der Waals surface area contributed by atoms with E-state index in [2.05, 4.69) is 37.8 Å². The summed E-state index contributed by atoms with van der Waals surface area (Å²) in [5.41, 5.74) is 2.57. The summed E-state index contributed by atoms with van der Waals surface area (Å²) in [6.45, 7) is 8.34. The third-order valence-corrected chi connectivity index (χ3v) is 6.91. The highest BCUT2D eigenvalue weighted by Crippen LogP contribution is 2.33. The van der Waals surface area contributed by atoms with Crippen molar-refractivity contribution in [3.8, 4) is 0 Å². The Labute approximate surface area is 153 Å². The van der Waals surface area contributed by atoms with Gasteiger partial charge in [0.2, 0.25) is 0 Å². The van der Waals surface area contributed by atoms with Gasteiger partial charge in [-0.25, -0.2) is 0 Å². The third-order valence-electron chi connectivity index (χ3n) is 5.69. The van der Waals surface area contributed by atoms with Gasteiger partial charge >= 0.3 is 0 Å². The summed E-state index contributed by atoms with van der Waals surface area (Å²) in [7, 11) is 0. The van der Waals surface area contributed by atoms with Gasteiger partial charge in [0.05, 0.1) is 12.2 Å². The number of rotatable bonds is 2. The predicted molar refractivity (Wildman–Crippen MR) is 106 cm³/mol. The number of morpholine rings is 1. The van der Waals surface area contributed by atoms with Crippen molar-refractivity contribution in [2.75, 3.05) is 18.0 Å². The number of benzene rings is 1. The standard InChI is InChI=1S/C21H27NO2S/c1-4-15-5-7-17-19(9-15)25-20-10-16(6-8-18(20)21(17)23)22-11-13(2)24-14(3)12-22/h6,8,10,13-15H,4-5,7,9,11-12H2,1-3H3. The van der Waals surface area contributed by atoms with E-state index in [-0.39, 0.29) is 17.6 Å². The van der Waals surface area contributed by atoms with Gasteiger partial charge in [-0.15, -0.1) is 11.3 Å². The van der Waals surface area contributed by atoms with Crippen LogP contribution in [-0.2, 0) is 17.6 Å². The molecule has 1 aromatic carbocycles. The first-order valence-electron chi connectivity index (χ1n) is 9.54. The molecule has 3 nitrogen and oxygen atoms in total. The van der Waals surface area contributed by atoms with Gasteiger partial charge in [-0.1, -0.05) is 13.3 Å². The van der Waals surface area contributed by atoms with E-state index in [4.69, 9.17) is 4.74 Å². The van der Waals surface area contributed by atoms with Crippen molar-refractivity contribution < 1.29 is 4.74 Å². The minimum Gasteiger partial charge on any atom is -0.372 e. The molecule has 0 N–H and O–H groups in total.